The molecular formula is C14H28N2O2. The van der Waals surface area contributed by atoms with Gasteiger partial charge in [-0.1, -0.05) is 20.3 Å². The minimum absolute atomic E-state index is 0.0457. The Balaban J connectivity index is 2.34. The van der Waals surface area contributed by atoms with Crippen molar-refractivity contribution in [3.63, 3.8) is 0 Å². The lowest BCUT2D eigenvalue weighted by atomic mass is 9.94. The number of nitrogens with zero attached hydrogens (tertiary/aromatic N) is 1. The smallest absolute Gasteiger partial charge is 0.225 e. The normalized spacial score (nSPS) is 27.9. The van der Waals surface area contributed by atoms with Crippen molar-refractivity contribution in [3.05, 3.63) is 0 Å². The molecule has 1 aliphatic heterocycles. The Morgan fingerprint density at radius 2 is 2.11 bits per heavy atom. The summed E-state index contributed by atoms with van der Waals surface area (Å²) in [5, 5.41) is 9.82. The summed E-state index contributed by atoms with van der Waals surface area (Å²) < 4.78 is 0. The van der Waals surface area contributed by atoms with Crippen molar-refractivity contribution in [1.82, 2.24) is 4.90 Å². The average Bonchev–Trinajstić information content (AvgIpc) is 2.31. The molecule has 0 radical (unpaired) electrons. The second-order valence-corrected chi connectivity index (χ2v) is 5.93. The van der Waals surface area contributed by atoms with E-state index < -0.39 is 0 Å². The lowest BCUT2D eigenvalue weighted by molar-refractivity contribution is -0.139. The zero-order valence-electron chi connectivity index (χ0n) is 11.9. The molecule has 18 heavy (non-hydrogen) atoms. The molecule has 0 bridgehead atoms. The number of aliphatic hydroxyl groups excluding tert-OH is 1. The van der Waals surface area contributed by atoms with Gasteiger partial charge < -0.3 is 15.7 Å². The van der Waals surface area contributed by atoms with E-state index in [2.05, 4.69) is 0 Å². The van der Waals surface area contributed by atoms with E-state index >= 15 is 0 Å². The van der Waals surface area contributed by atoms with Crippen LogP contribution in [0.5, 0.6) is 0 Å². The molecule has 0 spiro atoms. The predicted octanol–water partition coefficient (Wildman–Crippen LogP) is 1.37. The van der Waals surface area contributed by atoms with Crippen molar-refractivity contribution in [1.29, 1.82) is 0 Å². The molecule has 1 saturated heterocycles. The molecule has 4 atom stereocenters. The summed E-state index contributed by atoms with van der Waals surface area (Å²) >= 11 is 0. The molecule has 1 heterocycles. The molecule has 4 unspecified atom stereocenters. The third-order valence-corrected chi connectivity index (χ3v) is 3.95. The fraction of sp³-hybridized carbons (Fsp3) is 0.929. The number of piperidine rings is 1. The zero-order chi connectivity index (χ0) is 13.7. The van der Waals surface area contributed by atoms with Crippen molar-refractivity contribution in [2.75, 3.05) is 13.1 Å². The van der Waals surface area contributed by atoms with E-state index in [-0.39, 0.29) is 24.0 Å². The van der Waals surface area contributed by atoms with Gasteiger partial charge in [0.25, 0.3) is 0 Å². The van der Waals surface area contributed by atoms with Crippen LogP contribution < -0.4 is 5.73 Å². The first-order valence-electron chi connectivity index (χ1n) is 7.14. The number of hydrogen-bond acceptors (Lipinski definition) is 3. The van der Waals surface area contributed by atoms with E-state index in [1.165, 1.54) is 0 Å². The van der Waals surface area contributed by atoms with Crippen LogP contribution in [-0.4, -0.2) is 41.1 Å². The van der Waals surface area contributed by atoms with E-state index in [9.17, 15) is 9.90 Å². The molecule has 4 nitrogen and oxygen atoms in total. The summed E-state index contributed by atoms with van der Waals surface area (Å²) in [4.78, 5) is 14.0. The van der Waals surface area contributed by atoms with E-state index in [0.717, 1.165) is 32.2 Å². The quantitative estimate of drug-likeness (QED) is 0.780. The highest BCUT2D eigenvalue weighted by molar-refractivity contribution is 5.78. The van der Waals surface area contributed by atoms with Crippen LogP contribution in [0, 0.1) is 11.8 Å². The number of likely N-dealkylation sites (tertiary alicyclic amines) is 1. The van der Waals surface area contributed by atoms with Gasteiger partial charge in [-0.15, -0.1) is 0 Å². The van der Waals surface area contributed by atoms with Crippen molar-refractivity contribution >= 4 is 5.91 Å². The topological polar surface area (TPSA) is 66.6 Å². The molecule has 1 fully saturated rings. The first-order chi connectivity index (χ1) is 8.41. The lowest BCUT2D eigenvalue weighted by Crippen LogP contribution is -2.47. The van der Waals surface area contributed by atoms with E-state index in [0.29, 0.717) is 12.5 Å². The van der Waals surface area contributed by atoms with Gasteiger partial charge in [0, 0.05) is 25.0 Å². The van der Waals surface area contributed by atoms with Gasteiger partial charge in [-0.2, -0.15) is 0 Å². The Morgan fingerprint density at radius 3 is 2.67 bits per heavy atom. The summed E-state index contributed by atoms with van der Waals surface area (Å²) in [6.07, 6.45) is 3.40. The molecule has 1 rings (SSSR count). The summed E-state index contributed by atoms with van der Waals surface area (Å²) in [7, 11) is 0. The minimum atomic E-state index is -0.362. The summed E-state index contributed by atoms with van der Waals surface area (Å²) in [5.74, 6) is 0.539. The van der Waals surface area contributed by atoms with Crippen LogP contribution in [0.25, 0.3) is 0 Å². The number of amides is 1. The maximum absolute atomic E-state index is 12.2. The van der Waals surface area contributed by atoms with Gasteiger partial charge in [-0.25, -0.2) is 0 Å². The molecule has 1 aliphatic rings. The standard InChI is InChI=1S/C14H28N2O2/c1-10-7-8-16(9-13(10)17)14(18)11(2)5-4-6-12(3)15/h10-13,17H,4-9,15H2,1-3H3. The Labute approximate surface area is 111 Å². The Morgan fingerprint density at radius 1 is 1.44 bits per heavy atom. The molecule has 0 aromatic rings. The first kappa shape index (κ1) is 15.4. The van der Waals surface area contributed by atoms with Crippen molar-refractivity contribution in [2.45, 2.75) is 58.6 Å². The van der Waals surface area contributed by atoms with Crippen LogP contribution in [0.4, 0.5) is 0 Å². The summed E-state index contributed by atoms with van der Waals surface area (Å²) in [6.45, 7) is 7.30. The molecule has 4 heteroatoms. The average molecular weight is 256 g/mol. The number of β-amino-alcohol motifs (C(OH)–C–C–N with tert-alkyl or cyclic N) is 1. The molecule has 106 valence electrons. The van der Waals surface area contributed by atoms with Crippen LogP contribution >= 0.6 is 0 Å². The lowest BCUT2D eigenvalue weighted by Gasteiger charge is -2.35. The largest absolute Gasteiger partial charge is 0.391 e. The second kappa shape index (κ2) is 7.10. The number of hydrogen-bond donors (Lipinski definition) is 2. The van der Waals surface area contributed by atoms with Crippen LogP contribution in [0.2, 0.25) is 0 Å². The number of rotatable bonds is 5. The fourth-order valence-corrected chi connectivity index (χ4v) is 2.43. The number of aliphatic hydroxyl groups is 1. The van der Waals surface area contributed by atoms with Gasteiger partial charge in [0.15, 0.2) is 0 Å². The zero-order valence-corrected chi connectivity index (χ0v) is 11.9. The van der Waals surface area contributed by atoms with Gasteiger partial charge in [0.1, 0.15) is 0 Å². The molecule has 0 aromatic heterocycles. The summed E-state index contributed by atoms with van der Waals surface area (Å²) in [6, 6.07) is 0.213. The molecule has 0 aliphatic carbocycles. The van der Waals surface area contributed by atoms with E-state index in [1.807, 2.05) is 25.7 Å². The minimum Gasteiger partial charge on any atom is -0.391 e. The van der Waals surface area contributed by atoms with Crippen LogP contribution in [-0.2, 0) is 4.79 Å². The van der Waals surface area contributed by atoms with Crippen LogP contribution in [0.15, 0.2) is 0 Å². The van der Waals surface area contributed by atoms with E-state index in [1.54, 1.807) is 0 Å². The second-order valence-electron chi connectivity index (χ2n) is 5.93. The number of nitrogens with two attached hydrogens (primary N) is 1. The molecule has 3 N–H and O–H groups in total. The first-order valence-corrected chi connectivity index (χ1v) is 7.14. The van der Waals surface area contributed by atoms with Gasteiger partial charge in [0.05, 0.1) is 6.10 Å². The Kier molecular flexibility index (Phi) is 6.09. The third-order valence-electron chi connectivity index (χ3n) is 3.95. The summed E-state index contributed by atoms with van der Waals surface area (Å²) in [5.41, 5.74) is 5.70. The highest BCUT2D eigenvalue weighted by Crippen LogP contribution is 2.20. The maximum Gasteiger partial charge on any atom is 0.225 e. The predicted molar refractivity (Wildman–Crippen MR) is 73.0 cm³/mol. The molecule has 1 amide bonds. The molecule has 0 aromatic carbocycles. The van der Waals surface area contributed by atoms with Gasteiger partial charge >= 0.3 is 0 Å². The molecular weight excluding hydrogens is 228 g/mol. The highest BCUT2D eigenvalue weighted by Gasteiger charge is 2.29. The SMILES string of the molecule is CC(N)CCCC(C)C(=O)N1CCC(C)C(O)C1. The Bertz CT molecular complexity index is 269. The third kappa shape index (κ3) is 4.58. The van der Waals surface area contributed by atoms with Crippen molar-refractivity contribution < 1.29 is 9.90 Å². The van der Waals surface area contributed by atoms with Gasteiger partial charge in [-0.3, -0.25) is 4.79 Å². The number of carbonyl (C=O) groups is 1. The van der Waals surface area contributed by atoms with Crippen molar-refractivity contribution in [3.8, 4) is 0 Å². The highest BCUT2D eigenvalue weighted by atomic mass is 16.3. The maximum atomic E-state index is 12.2. The monoisotopic (exact) mass is 256 g/mol. The van der Waals surface area contributed by atoms with E-state index in [4.69, 9.17) is 5.73 Å². The molecule has 0 saturated carbocycles. The van der Waals surface area contributed by atoms with Gasteiger partial charge in [-0.05, 0) is 32.1 Å². The fourth-order valence-electron chi connectivity index (χ4n) is 2.43. The van der Waals surface area contributed by atoms with Crippen molar-refractivity contribution in [2.24, 2.45) is 17.6 Å². The van der Waals surface area contributed by atoms with Gasteiger partial charge in [0.2, 0.25) is 5.91 Å². The van der Waals surface area contributed by atoms with Crippen LogP contribution in [0.3, 0.4) is 0 Å². The Hall–Kier alpha value is -0.610. The number of carbonyl (C=O) groups excluding carboxylic acids is 1. The van der Waals surface area contributed by atoms with Crippen LogP contribution in [0.1, 0.15) is 46.5 Å².